The number of benzene rings is 1. The van der Waals surface area contributed by atoms with Crippen LogP contribution in [0.2, 0.25) is 0 Å². The maximum Gasteiger partial charge on any atom is 0.316 e. The molecule has 0 saturated carbocycles. The predicted molar refractivity (Wildman–Crippen MR) is 68.3 cm³/mol. The van der Waals surface area contributed by atoms with Crippen LogP contribution in [0.15, 0.2) is 22.7 Å². The maximum absolute atomic E-state index is 11.1. The van der Waals surface area contributed by atoms with Gasteiger partial charge >= 0.3 is 5.97 Å². The number of hydrogen-bond donors (Lipinski definition) is 2. The van der Waals surface area contributed by atoms with E-state index >= 15 is 0 Å². The lowest BCUT2D eigenvalue weighted by molar-refractivity contribution is -0.176. The molecule has 4 nitrogen and oxygen atoms in total. The van der Waals surface area contributed by atoms with Crippen molar-refractivity contribution >= 4 is 27.6 Å². The van der Waals surface area contributed by atoms with Gasteiger partial charge in [0.15, 0.2) is 0 Å². The normalized spacial score (nSPS) is 17.3. The first-order valence-electron chi connectivity index (χ1n) is 5.35. The summed E-state index contributed by atoms with van der Waals surface area (Å²) in [5.74, 6) is -0.800. The van der Waals surface area contributed by atoms with Crippen molar-refractivity contribution in [2.24, 2.45) is 5.41 Å². The molecule has 5 heteroatoms. The van der Waals surface area contributed by atoms with Crippen molar-refractivity contribution in [3.8, 4) is 0 Å². The molecule has 0 aliphatic carbocycles. The number of nitrogens with one attached hydrogen (secondary N) is 1. The van der Waals surface area contributed by atoms with Crippen LogP contribution < -0.4 is 5.32 Å². The lowest BCUT2D eigenvalue weighted by Crippen LogP contribution is -2.53. The van der Waals surface area contributed by atoms with Gasteiger partial charge in [-0.1, -0.05) is 15.9 Å². The standard InChI is InChI=1S/C12H14BrNO3/c1-8-4-9(13)2-3-10(8)14-5-12(11(15)16)6-17-7-12/h2-4,14H,5-7H2,1H3,(H,15,16). The van der Waals surface area contributed by atoms with E-state index in [0.29, 0.717) is 6.54 Å². The van der Waals surface area contributed by atoms with Gasteiger partial charge in [0, 0.05) is 16.7 Å². The minimum absolute atomic E-state index is 0.283. The molecule has 0 radical (unpaired) electrons. The Kier molecular flexibility index (Phi) is 3.40. The Labute approximate surface area is 108 Å². The van der Waals surface area contributed by atoms with Gasteiger partial charge in [0.1, 0.15) is 5.41 Å². The second kappa shape index (κ2) is 4.66. The van der Waals surface area contributed by atoms with Crippen LogP contribution >= 0.6 is 15.9 Å². The first kappa shape index (κ1) is 12.4. The van der Waals surface area contributed by atoms with Crippen LogP contribution in [0.5, 0.6) is 0 Å². The Bertz CT molecular complexity index is 443. The van der Waals surface area contributed by atoms with Crippen LogP contribution in [0, 0.1) is 12.3 Å². The summed E-state index contributed by atoms with van der Waals surface area (Å²) >= 11 is 3.39. The number of aliphatic carboxylic acids is 1. The number of ether oxygens (including phenoxy) is 1. The SMILES string of the molecule is Cc1cc(Br)ccc1NCC1(C(=O)O)COC1. The minimum Gasteiger partial charge on any atom is -0.481 e. The fourth-order valence-electron chi connectivity index (χ4n) is 1.74. The van der Waals surface area contributed by atoms with Crippen LogP contribution in [0.1, 0.15) is 5.56 Å². The van der Waals surface area contributed by atoms with Crippen molar-refractivity contribution in [2.45, 2.75) is 6.92 Å². The van der Waals surface area contributed by atoms with Gasteiger partial charge in [0.2, 0.25) is 0 Å². The number of rotatable bonds is 4. The average Bonchev–Trinajstić information content (AvgIpc) is 2.18. The third-order valence-electron chi connectivity index (χ3n) is 3.02. The molecule has 0 atom stereocenters. The minimum atomic E-state index is -0.800. The Morgan fingerprint density at radius 3 is 2.76 bits per heavy atom. The number of aryl methyl sites for hydroxylation is 1. The number of carbonyl (C=O) groups is 1. The molecule has 1 aliphatic rings. The molecule has 1 aromatic carbocycles. The van der Waals surface area contributed by atoms with Crippen LogP contribution in [0.25, 0.3) is 0 Å². The van der Waals surface area contributed by atoms with Gasteiger partial charge in [-0.3, -0.25) is 4.79 Å². The average molecular weight is 300 g/mol. The van der Waals surface area contributed by atoms with E-state index < -0.39 is 11.4 Å². The van der Waals surface area contributed by atoms with Crippen molar-refractivity contribution in [1.29, 1.82) is 0 Å². The van der Waals surface area contributed by atoms with Crippen LogP contribution in [0.3, 0.4) is 0 Å². The van der Waals surface area contributed by atoms with Gasteiger partial charge in [-0.2, -0.15) is 0 Å². The summed E-state index contributed by atoms with van der Waals surface area (Å²) in [4.78, 5) is 11.1. The molecular weight excluding hydrogens is 286 g/mol. The van der Waals surface area contributed by atoms with Crippen LogP contribution in [-0.4, -0.2) is 30.8 Å². The first-order chi connectivity index (χ1) is 8.03. The zero-order valence-electron chi connectivity index (χ0n) is 9.50. The third-order valence-corrected chi connectivity index (χ3v) is 3.51. The Balaban J connectivity index is 2.04. The molecule has 0 spiro atoms. The smallest absolute Gasteiger partial charge is 0.316 e. The Morgan fingerprint density at radius 2 is 2.29 bits per heavy atom. The molecule has 17 heavy (non-hydrogen) atoms. The molecule has 1 saturated heterocycles. The fourth-order valence-corrected chi connectivity index (χ4v) is 2.22. The monoisotopic (exact) mass is 299 g/mol. The van der Waals surface area contributed by atoms with E-state index in [1.165, 1.54) is 0 Å². The number of halogens is 1. The summed E-state index contributed by atoms with van der Waals surface area (Å²) in [6, 6.07) is 5.86. The summed E-state index contributed by atoms with van der Waals surface area (Å²) in [5.41, 5.74) is 1.28. The Hall–Kier alpha value is -1.07. The maximum atomic E-state index is 11.1. The van der Waals surface area contributed by atoms with Crippen molar-refractivity contribution in [2.75, 3.05) is 25.1 Å². The van der Waals surface area contributed by atoms with Gasteiger partial charge in [0.25, 0.3) is 0 Å². The number of hydrogen-bond acceptors (Lipinski definition) is 3. The van der Waals surface area contributed by atoms with Crippen molar-refractivity contribution < 1.29 is 14.6 Å². The zero-order chi connectivity index (χ0) is 12.5. The van der Waals surface area contributed by atoms with Gasteiger partial charge in [-0.05, 0) is 30.7 Å². The quantitative estimate of drug-likeness (QED) is 0.895. The number of carboxylic acids is 1. The topological polar surface area (TPSA) is 58.6 Å². The molecular formula is C12H14BrNO3. The predicted octanol–water partition coefficient (Wildman–Crippen LogP) is 2.27. The van der Waals surface area contributed by atoms with Gasteiger partial charge in [-0.25, -0.2) is 0 Å². The molecule has 1 aliphatic heterocycles. The molecule has 1 aromatic rings. The molecule has 2 N–H and O–H groups in total. The summed E-state index contributed by atoms with van der Waals surface area (Å²) < 4.78 is 6.02. The largest absolute Gasteiger partial charge is 0.481 e. The van der Waals surface area contributed by atoms with E-state index in [2.05, 4.69) is 21.2 Å². The lowest BCUT2D eigenvalue weighted by atomic mass is 9.86. The van der Waals surface area contributed by atoms with Crippen molar-refractivity contribution in [3.63, 3.8) is 0 Å². The van der Waals surface area contributed by atoms with Crippen LogP contribution in [0.4, 0.5) is 5.69 Å². The molecule has 2 rings (SSSR count). The second-order valence-electron chi connectivity index (χ2n) is 4.39. The summed E-state index contributed by atoms with van der Waals surface area (Å²) in [6.07, 6.45) is 0. The molecule has 92 valence electrons. The highest BCUT2D eigenvalue weighted by atomic mass is 79.9. The lowest BCUT2D eigenvalue weighted by Gasteiger charge is -2.37. The molecule has 0 amide bonds. The summed E-state index contributed by atoms with van der Waals surface area (Å²) in [5, 5.41) is 12.3. The fraction of sp³-hybridized carbons (Fsp3) is 0.417. The summed E-state index contributed by atoms with van der Waals surface area (Å²) in [6.45, 7) is 2.94. The molecule has 1 fully saturated rings. The number of carboxylic acid groups (broad SMARTS) is 1. The number of anilines is 1. The van der Waals surface area contributed by atoms with E-state index in [9.17, 15) is 4.79 Å². The highest BCUT2D eigenvalue weighted by molar-refractivity contribution is 9.10. The van der Waals surface area contributed by atoms with E-state index in [-0.39, 0.29) is 13.2 Å². The van der Waals surface area contributed by atoms with Gasteiger partial charge in [0.05, 0.1) is 13.2 Å². The van der Waals surface area contributed by atoms with Crippen molar-refractivity contribution in [1.82, 2.24) is 0 Å². The van der Waals surface area contributed by atoms with E-state index in [4.69, 9.17) is 9.84 Å². The zero-order valence-corrected chi connectivity index (χ0v) is 11.1. The van der Waals surface area contributed by atoms with E-state index in [0.717, 1.165) is 15.7 Å². The van der Waals surface area contributed by atoms with E-state index in [1.807, 2.05) is 25.1 Å². The highest BCUT2D eigenvalue weighted by Crippen LogP contribution is 2.29. The molecule has 0 unspecified atom stereocenters. The highest BCUT2D eigenvalue weighted by Gasteiger charge is 2.46. The molecule has 0 aromatic heterocycles. The first-order valence-corrected chi connectivity index (χ1v) is 6.14. The van der Waals surface area contributed by atoms with Gasteiger partial charge < -0.3 is 15.2 Å². The third kappa shape index (κ3) is 2.45. The van der Waals surface area contributed by atoms with Crippen molar-refractivity contribution in [3.05, 3.63) is 28.2 Å². The molecule has 0 bridgehead atoms. The van der Waals surface area contributed by atoms with Gasteiger partial charge in [-0.15, -0.1) is 0 Å². The molecule has 1 heterocycles. The van der Waals surface area contributed by atoms with Crippen LogP contribution in [-0.2, 0) is 9.53 Å². The second-order valence-corrected chi connectivity index (χ2v) is 5.31. The van der Waals surface area contributed by atoms with E-state index in [1.54, 1.807) is 0 Å². The summed E-state index contributed by atoms with van der Waals surface area (Å²) in [7, 11) is 0. The Morgan fingerprint density at radius 1 is 1.59 bits per heavy atom.